The summed E-state index contributed by atoms with van der Waals surface area (Å²) >= 11 is 1.70. The Labute approximate surface area is 124 Å². The van der Waals surface area contributed by atoms with Gasteiger partial charge in [-0.05, 0) is 33.2 Å². The molecule has 0 saturated heterocycles. The zero-order chi connectivity index (χ0) is 14.3. The van der Waals surface area contributed by atoms with Gasteiger partial charge in [-0.15, -0.1) is 11.3 Å². The number of fused-ring (bicyclic) bond motifs is 1. The summed E-state index contributed by atoms with van der Waals surface area (Å²) in [5, 5.41) is 12.1. The molecule has 0 spiro atoms. The standard InChI is InChI=1S/C15H23N3OS/c1-4-17(10-15(2,3)19)9-12-13(11-5-6-11)16-14-18(12)7-8-20-14/h7-8,11,19H,4-6,9-10H2,1-3H3. The lowest BCUT2D eigenvalue weighted by atomic mass is 10.1. The largest absolute Gasteiger partial charge is 0.389 e. The molecule has 3 rings (SSSR count). The van der Waals surface area contributed by atoms with Gasteiger partial charge in [-0.25, -0.2) is 4.98 Å². The molecule has 110 valence electrons. The minimum Gasteiger partial charge on any atom is -0.389 e. The maximum atomic E-state index is 10.0. The van der Waals surface area contributed by atoms with Crippen LogP contribution < -0.4 is 0 Å². The van der Waals surface area contributed by atoms with Gasteiger partial charge < -0.3 is 5.11 Å². The Morgan fingerprint density at radius 1 is 1.50 bits per heavy atom. The van der Waals surface area contributed by atoms with Crippen LogP contribution in [0.25, 0.3) is 4.96 Å². The molecule has 0 amide bonds. The van der Waals surface area contributed by atoms with Crippen molar-refractivity contribution in [2.24, 2.45) is 0 Å². The average Bonchev–Trinajstić information content (AvgIpc) is 3.00. The summed E-state index contributed by atoms with van der Waals surface area (Å²) < 4.78 is 2.23. The van der Waals surface area contributed by atoms with Crippen LogP contribution in [0.5, 0.6) is 0 Å². The highest BCUT2D eigenvalue weighted by atomic mass is 32.1. The van der Waals surface area contributed by atoms with Crippen LogP contribution in [0.15, 0.2) is 11.6 Å². The minimum absolute atomic E-state index is 0.659. The van der Waals surface area contributed by atoms with E-state index >= 15 is 0 Å². The van der Waals surface area contributed by atoms with Gasteiger partial charge >= 0.3 is 0 Å². The summed E-state index contributed by atoms with van der Waals surface area (Å²) in [6.45, 7) is 8.37. The van der Waals surface area contributed by atoms with E-state index in [4.69, 9.17) is 4.98 Å². The number of aliphatic hydroxyl groups is 1. The number of imidazole rings is 1. The van der Waals surface area contributed by atoms with Crippen molar-refractivity contribution in [3.05, 3.63) is 23.0 Å². The highest BCUT2D eigenvalue weighted by Gasteiger charge is 2.31. The third kappa shape index (κ3) is 2.90. The number of rotatable bonds is 6. The molecule has 0 aliphatic heterocycles. The van der Waals surface area contributed by atoms with Gasteiger partial charge in [-0.1, -0.05) is 6.92 Å². The molecular formula is C15H23N3OS. The maximum Gasteiger partial charge on any atom is 0.194 e. The Morgan fingerprint density at radius 3 is 2.85 bits per heavy atom. The first-order chi connectivity index (χ1) is 9.48. The van der Waals surface area contributed by atoms with Crippen molar-refractivity contribution < 1.29 is 5.11 Å². The van der Waals surface area contributed by atoms with Crippen LogP contribution in [0.2, 0.25) is 0 Å². The van der Waals surface area contributed by atoms with E-state index in [-0.39, 0.29) is 0 Å². The molecule has 2 aromatic rings. The molecule has 20 heavy (non-hydrogen) atoms. The monoisotopic (exact) mass is 293 g/mol. The van der Waals surface area contributed by atoms with E-state index in [1.54, 1.807) is 11.3 Å². The smallest absolute Gasteiger partial charge is 0.194 e. The van der Waals surface area contributed by atoms with E-state index < -0.39 is 5.60 Å². The fourth-order valence-corrected chi connectivity index (χ4v) is 3.47. The van der Waals surface area contributed by atoms with Gasteiger partial charge in [0.15, 0.2) is 4.96 Å². The number of thiazole rings is 1. The van der Waals surface area contributed by atoms with Crippen molar-refractivity contribution in [2.45, 2.75) is 51.7 Å². The number of likely N-dealkylation sites (N-methyl/N-ethyl adjacent to an activating group) is 1. The van der Waals surface area contributed by atoms with E-state index in [1.165, 1.54) is 24.2 Å². The molecule has 0 atom stereocenters. The van der Waals surface area contributed by atoms with Crippen molar-refractivity contribution in [1.82, 2.24) is 14.3 Å². The molecule has 0 radical (unpaired) electrons. The lowest BCUT2D eigenvalue weighted by Gasteiger charge is -2.28. The van der Waals surface area contributed by atoms with Crippen LogP contribution in [-0.4, -0.2) is 38.1 Å². The summed E-state index contributed by atoms with van der Waals surface area (Å²) in [4.78, 5) is 8.21. The number of hydrogen-bond acceptors (Lipinski definition) is 4. The molecular weight excluding hydrogens is 270 g/mol. The average molecular weight is 293 g/mol. The van der Waals surface area contributed by atoms with Gasteiger partial charge in [0.1, 0.15) is 0 Å². The van der Waals surface area contributed by atoms with Gasteiger partial charge in [0.2, 0.25) is 0 Å². The van der Waals surface area contributed by atoms with E-state index in [0.29, 0.717) is 12.5 Å². The SMILES string of the molecule is CCN(Cc1c(C2CC2)nc2sccn12)CC(C)(C)O. The molecule has 1 aliphatic rings. The maximum absolute atomic E-state index is 10.0. The van der Waals surface area contributed by atoms with E-state index in [2.05, 4.69) is 27.8 Å². The highest BCUT2D eigenvalue weighted by molar-refractivity contribution is 7.15. The molecule has 0 bridgehead atoms. The molecule has 1 fully saturated rings. The molecule has 4 nitrogen and oxygen atoms in total. The normalized spacial score (nSPS) is 16.4. The first kappa shape index (κ1) is 14.0. The van der Waals surface area contributed by atoms with Crippen molar-refractivity contribution in [2.75, 3.05) is 13.1 Å². The molecule has 5 heteroatoms. The van der Waals surface area contributed by atoms with Crippen LogP contribution in [0.4, 0.5) is 0 Å². The van der Waals surface area contributed by atoms with Gasteiger partial charge in [-0.2, -0.15) is 0 Å². The summed E-state index contributed by atoms with van der Waals surface area (Å²) in [5.41, 5.74) is 1.94. The Bertz CT molecular complexity index is 592. The Hall–Kier alpha value is -0.910. The van der Waals surface area contributed by atoms with Crippen molar-refractivity contribution in [3.8, 4) is 0 Å². The highest BCUT2D eigenvalue weighted by Crippen LogP contribution is 2.42. The third-order valence-electron chi connectivity index (χ3n) is 3.79. The van der Waals surface area contributed by atoms with Crippen LogP contribution in [-0.2, 0) is 6.54 Å². The number of hydrogen-bond donors (Lipinski definition) is 1. The lowest BCUT2D eigenvalue weighted by Crippen LogP contribution is -2.38. The zero-order valence-electron chi connectivity index (χ0n) is 12.5. The van der Waals surface area contributed by atoms with E-state index in [1.807, 2.05) is 13.8 Å². The molecule has 2 aromatic heterocycles. The molecule has 0 unspecified atom stereocenters. The van der Waals surface area contributed by atoms with Gasteiger partial charge in [-0.3, -0.25) is 9.30 Å². The number of aromatic nitrogens is 2. The molecule has 1 aliphatic carbocycles. The predicted molar refractivity (Wildman–Crippen MR) is 82.3 cm³/mol. The summed E-state index contributed by atoms with van der Waals surface area (Å²) in [6, 6.07) is 0. The Kier molecular flexibility index (Phi) is 3.60. The minimum atomic E-state index is -0.659. The molecule has 2 heterocycles. The number of nitrogens with zero attached hydrogens (tertiary/aromatic N) is 3. The summed E-state index contributed by atoms with van der Waals surface area (Å²) in [5.74, 6) is 0.665. The quantitative estimate of drug-likeness (QED) is 0.890. The third-order valence-corrected chi connectivity index (χ3v) is 4.54. The van der Waals surface area contributed by atoms with Crippen LogP contribution in [0, 0.1) is 0 Å². The Balaban J connectivity index is 1.88. The van der Waals surface area contributed by atoms with Gasteiger partial charge in [0.05, 0.1) is 17.0 Å². The fraction of sp³-hybridized carbons (Fsp3) is 0.667. The first-order valence-corrected chi connectivity index (χ1v) is 8.25. The van der Waals surface area contributed by atoms with Crippen LogP contribution >= 0.6 is 11.3 Å². The molecule has 1 N–H and O–H groups in total. The van der Waals surface area contributed by atoms with E-state index in [0.717, 1.165) is 18.1 Å². The van der Waals surface area contributed by atoms with Crippen LogP contribution in [0.1, 0.15) is 50.9 Å². The van der Waals surface area contributed by atoms with Crippen LogP contribution in [0.3, 0.4) is 0 Å². The lowest BCUT2D eigenvalue weighted by molar-refractivity contribution is 0.0348. The van der Waals surface area contributed by atoms with Crippen molar-refractivity contribution in [3.63, 3.8) is 0 Å². The van der Waals surface area contributed by atoms with Gasteiger partial charge in [0, 0.05) is 30.6 Å². The van der Waals surface area contributed by atoms with Crippen molar-refractivity contribution >= 4 is 16.3 Å². The first-order valence-electron chi connectivity index (χ1n) is 7.37. The zero-order valence-corrected chi connectivity index (χ0v) is 13.3. The topological polar surface area (TPSA) is 40.8 Å². The van der Waals surface area contributed by atoms with Gasteiger partial charge in [0.25, 0.3) is 0 Å². The summed E-state index contributed by atoms with van der Waals surface area (Å²) in [7, 11) is 0. The molecule has 0 aromatic carbocycles. The molecule has 1 saturated carbocycles. The van der Waals surface area contributed by atoms with E-state index in [9.17, 15) is 5.11 Å². The van der Waals surface area contributed by atoms with Crippen molar-refractivity contribution in [1.29, 1.82) is 0 Å². The fourth-order valence-electron chi connectivity index (χ4n) is 2.73. The second-order valence-electron chi connectivity index (χ2n) is 6.39. The second-order valence-corrected chi connectivity index (χ2v) is 7.26. The second kappa shape index (κ2) is 5.13. The predicted octanol–water partition coefficient (Wildman–Crippen LogP) is 2.87. The Morgan fingerprint density at radius 2 is 2.25 bits per heavy atom. The summed E-state index contributed by atoms with van der Waals surface area (Å²) in [6.07, 6.45) is 4.66.